The monoisotopic (exact) mass is 470 g/mol. The maximum absolute atomic E-state index is 5.24. The van der Waals surface area contributed by atoms with E-state index in [1.807, 2.05) is 0 Å². The van der Waals surface area contributed by atoms with Crippen LogP contribution in [0.15, 0.2) is 4.99 Å². The third-order valence-electron chi connectivity index (χ3n) is 4.76. The Morgan fingerprint density at radius 2 is 2.17 bits per heavy atom. The Balaban J connectivity index is 0.00000288. The van der Waals surface area contributed by atoms with Crippen LogP contribution in [0, 0.1) is 0 Å². The van der Waals surface area contributed by atoms with Crippen LogP contribution in [0.3, 0.4) is 0 Å². The van der Waals surface area contributed by atoms with Gasteiger partial charge in [0.05, 0.1) is 13.2 Å². The van der Waals surface area contributed by atoms with Gasteiger partial charge in [-0.05, 0) is 32.7 Å². The quantitative estimate of drug-likeness (QED) is 0.352. The molecule has 0 aromatic carbocycles. The Morgan fingerprint density at radius 1 is 1.33 bits per heavy atom. The minimum Gasteiger partial charge on any atom is -0.383 e. The van der Waals surface area contributed by atoms with Gasteiger partial charge in [0.15, 0.2) is 5.96 Å². The summed E-state index contributed by atoms with van der Waals surface area (Å²) in [5.74, 6) is 2.33. The average Bonchev–Trinajstić information content (AvgIpc) is 3.04. The lowest BCUT2D eigenvalue weighted by molar-refractivity contribution is 0.142. The van der Waals surface area contributed by atoms with Crippen LogP contribution in [0.5, 0.6) is 0 Å². The van der Waals surface area contributed by atoms with Crippen molar-refractivity contribution in [2.45, 2.75) is 44.4 Å². The van der Waals surface area contributed by atoms with E-state index in [0.717, 1.165) is 50.5 Å². The van der Waals surface area contributed by atoms with E-state index in [1.54, 1.807) is 7.11 Å². The molecule has 24 heavy (non-hydrogen) atoms. The van der Waals surface area contributed by atoms with Crippen molar-refractivity contribution in [3.8, 4) is 0 Å². The van der Waals surface area contributed by atoms with E-state index in [4.69, 9.17) is 9.73 Å². The molecule has 2 saturated heterocycles. The molecular weight excluding hydrogens is 435 g/mol. The fraction of sp³-hybridized carbons (Fsp3) is 0.941. The fourth-order valence-corrected chi connectivity index (χ4v) is 4.56. The van der Waals surface area contributed by atoms with E-state index in [0.29, 0.717) is 6.04 Å². The van der Waals surface area contributed by atoms with Crippen molar-refractivity contribution >= 4 is 41.7 Å². The highest BCUT2D eigenvalue weighted by atomic mass is 127. The molecule has 5 nitrogen and oxygen atoms in total. The first-order chi connectivity index (χ1) is 11.3. The third-order valence-corrected chi connectivity index (χ3v) is 6.13. The molecule has 0 aromatic rings. The Bertz CT molecular complexity index is 372. The van der Waals surface area contributed by atoms with Gasteiger partial charge in [0, 0.05) is 50.3 Å². The Labute approximate surface area is 169 Å². The molecular formula is C17H35IN4OS. The van der Waals surface area contributed by atoms with Crippen LogP contribution in [0.4, 0.5) is 0 Å². The van der Waals surface area contributed by atoms with Crippen LogP contribution < -0.4 is 5.32 Å². The molecule has 0 spiro atoms. The molecule has 0 amide bonds. The smallest absolute Gasteiger partial charge is 0.194 e. The number of ether oxygens (including phenoxy) is 1. The first-order valence-corrected chi connectivity index (χ1v) is 10.2. The molecule has 142 valence electrons. The maximum Gasteiger partial charge on any atom is 0.194 e. The number of aliphatic imine (C=N–C) groups is 1. The first kappa shape index (κ1) is 22.3. The van der Waals surface area contributed by atoms with Gasteiger partial charge in [0.2, 0.25) is 0 Å². The molecule has 2 aliphatic rings. The highest BCUT2D eigenvalue weighted by Crippen LogP contribution is 2.21. The van der Waals surface area contributed by atoms with Crippen molar-refractivity contribution in [2.24, 2.45) is 4.99 Å². The normalized spacial score (nSPS) is 25.6. The number of nitrogens with one attached hydrogen (secondary N) is 1. The second-order valence-corrected chi connectivity index (χ2v) is 7.77. The molecule has 2 atom stereocenters. The van der Waals surface area contributed by atoms with Gasteiger partial charge in [-0.25, -0.2) is 0 Å². The van der Waals surface area contributed by atoms with Crippen molar-refractivity contribution in [3.63, 3.8) is 0 Å². The van der Waals surface area contributed by atoms with Crippen LogP contribution in [-0.4, -0.2) is 85.8 Å². The number of hydrogen-bond donors (Lipinski definition) is 1. The van der Waals surface area contributed by atoms with E-state index < -0.39 is 0 Å². The van der Waals surface area contributed by atoms with Crippen LogP contribution in [0.2, 0.25) is 0 Å². The summed E-state index contributed by atoms with van der Waals surface area (Å²) in [7, 11) is 1.78. The molecule has 0 aliphatic carbocycles. The largest absolute Gasteiger partial charge is 0.383 e. The zero-order chi connectivity index (χ0) is 16.5. The second-order valence-electron chi connectivity index (χ2n) is 6.37. The second kappa shape index (κ2) is 12.6. The SMILES string of the molecule is CCNC(=NCC1CCCN1CCOC)N1CCSC(CC)C1.I. The van der Waals surface area contributed by atoms with Crippen molar-refractivity contribution in [1.29, 1.82) is 0 Å². The summed E-state index contributed by atoms with van der Waals surface area (Å²) < 4.78 is 5.24. The molecule has 7 heteroatoms. The molecule has 2 aliphatic heterocycles. The number of rotatable bonds is 7. The van der Waals surface area contributed by atoms with Gasteiger partial charge in [-0.15, -0.1) is 24.0 Å². The first-order valence-electron chi connectivity index (χ1n) is 9.16. The zero-order valence-corrected chi connectivity index (χ0v) is 18.6. The minimum absolute atomic E-state index is 0. The van der Waals surface area contributed by atoms with Crippen LogP contribution in [0.1, 0.15) is 33.1 Å². The molecule has 2 heterocycles. The lowest BCUT2D eigenvalue weighted by atomic mass is 10.2. The fourth-order valence-electron chi connectivity index (χ4n) is 3.38. The topological polar surface area (TPSA) is 40.1 Å². The summed E-state index contributed by atoms with van der Waals surface area (Å²) in [4.78, 5) is 9.99. The molecule has 2 rings (SSSR count). The molecule has 2 fully saturated rings. The van der Waals surface area contributed by atoms with Gasteiger partial charge in [-0.3, -0.25) is 9.89 Å². The number of methoxy groups -OCH3 is 1. The van der Waals surface area contributed by atoms with Gasteiger partial charge in [-0.1, -0.05) is 6.92 Å². The Hall–Kier alpha value is 0.270. The van der Waals surface area contributed by atoms with Crippen LogP contribution in [0.25, 0.3) is 0 Å². The van der Waals surface area contributed by atoms with Crippen molar-refractivity contribution in [2.75, 3.05) is 58.7 Å². The van der Waals surface area contributed by atoms with Gasteiger partial charge in [-0.2, -0.15) is 11.8 Å². The van der Waals surface area contributed by atoms with Crippen LogP contribution >= 0.6 is 35.7 Å². The average molecular weight is 470 g/mol. The van der Waals surface area contributed by atoms with E-state index in [1.165, 1.54) is 31.6 Å². The number of hydrogen-bond acceptors (Lipinski definition) is 4. The minimum atomic E-state index is 0. The number of halogens is 1. The van der Waals surface area contributed by atoms with E-state index in [-0.39, 0.29) is 24.0 Å². The van der Waals surface area contributed by atoms with Gasteiger partial charge >= 0.3 is 0 Å². The third kappa shape index (κ3) is 6.88. The number of likely N-dealkylation sites (tertiary alicyclic amines) is 1. The Morgan fingerprint density at radius 3 is 2.88 bits per heavy atom. The number of thioether (sulfide) groups is 1. The van der Waals surface area contributed by atoms with E-state index >= 15 is 0 Å². The summed E-state index contributed by atoms with van der Waals surface area (Å²) in [6.45, 7) is 11.6. The summed E-state index contributed by atoms with van der Waals surface area (Å²) in [6, 6.07) is 0.583. The van der Waals surface area contributed by atoms with E-state index in [9.17, 15) is 0 Å². The summed E-state index contributed by atoms with van der Waals surface area (Å²) >= 11 is 2.11. The molecule has 0 aromatic heterocycles. The number of guanidine groups is 1. The van der Waals surface area contributed by atoms with E-state index in [2.05, 4.69) is 40.7 Å². The lowest BCUT2D eigenvalue weighted by Crippen LogP contribution is -2.48. The maximum atomic E-state index is 5.24. The summed E-state index contributed by atoms with van der Waals surface area (Å²) in [5.41, 5.74) is 0. The zero-order valence-electron chi connectivity index (χ0n) is 15.5. The predicted molar refractivity (Wildman–Crippen MR) is 116 cm³/mol. The summed E-state index contributed by atoms with van der Waals surface area (Å²) in [5, 5.41) is 4.25. The van der Waals surface area contributed by atoms with Crippen molar-refractivity contribution in [3.05, 3.63) is 0 Å². The van der Waals surface area contributed by atoms with Crippen LogP contribution in [-0.2, 0) is 4.74 Å². The predicted octanol–water partition coefficient (Wildman–Crippen LogP) is 2.51. The highest BCUT2D eigenvalue weighted by Gasteiger charge is 2.25. The standard InChI is InChI=1S/C17H34N4OS.HI/c1-4-16-14-21(10-12-23-16)17(18-5-2)19-13-15-7-6-8-20(15)9-11-22-3;/h15-16H,4-14H2,1-3H3,(H,18,19);1H. The molecule has 2 unspecified atom stereocenters. The number of nitrogens with zero attached hydrogens (tertiary/aromatic N) is 3. The lowest BCUT2D eigenvalue weighted by Gasteiger charge is -2.34. The van der Waals surface area contributed by atoms with Crippen molar-refractivity contribution in [1.82, 2.24) is 15.1 Å². The molecule has 0 bridgehead atoms. The molecule has 0 radical (unpaired) electrons. The van der Waals surface area contributed by atoms with Gasteiger partial charge < -0.3 is 15.0 Å². The van der Waals surface area contributed by atoms with Crippen molar-refractivity contribution < 1.29 is 4.74 Å². The Kier molecular flexibility index (Phi) is 11.7. The molecule has 1 N–H and O–H groups in total. The summed E-state index contributed by atoms with van der Waals surface area (Å²) in [6.07, 6.45) is 3.80. The highest BCUT2D eigenvalue weighted by molar-refractivity contribution is 14.0. The molecule has 0 saturated carbocycles. The van der Waals surface area contributed by atoms with Gasteiger partial charge in [0.25, 0.3) is 0 Å². The van der Waals surface area contributed by atoms with Gasteiger partial charge in [0.1, 0.15) is 0 Å².